The van der Waals surface area contributed by atoms with Crippen LogP contribution in [-0.4, -0.2) is 19.1 Å². The van der Waals surface area contributed by atoms with Crippen LogP contribution in [0.5, 0.6) is 5.75 Å². The summed E-state index contributed by atoms with van der Waals surface area (Å²) in [7, 11) is 0. The van der Waals surface area contributed by atoms with Gasteiger partial charge in [0.25, 0.3) is 0 Å². The van der Waals surface area contributed by atoms with Crippen LogP contribution >= 0.6 is 0 Å². The summed E-state index contributed by atoms with van der Waals surface area (Å²) in [6, 6.07) is 7.68. The first-order valence-corrected chi connectivity index (χ1v) is 5.34. The molecule has 4 heteroatoms. The van der Waals surface area contributed by atoms with Gasteiger partial charge >= 0.3 is 0 Å². The largest absolute Gasteiger partial charge is 0.488 e. The van der Waals surface area contributed by atoms with Crippen LogP contribution in [0.2, 0.25) is 0 Å². The fraction of sp³-hybridized carbons (Fsp3) is 0.154. The molecule has 2 aliphatic rings. The van der Waals surface area contributed by atoms with Crippen LogP contribution in [0.4, 0.5) is 0 Å². The third-order valence-electron chi connectivity index (χ3n) is 2.84. The monoisotopic (exact) mass is 229 g/mol. The number of hydrogen-bond donors (Lipinski definition) is 1. The summed E-state index contributed by atoms with van der Waals surface area (Å²) in [5.41, 5.74) is 7.50. The van der Waals surface area contributed by atoms with Crippen LogP contribution in [0.15, 0.2) is 41.5 Å². The fourth-order valence-corrected chi connectivity index (χ4v) is 2.00. The van der Waals surface area contributed by atoms with E-state index in [0.717, 1.165) is 22.6 Å². The lowest BCUT2D eigenvalue weighted by Crippen LogP contribution is -2.23. The fourth-order valence-electron chi connectivity index (χ4n) is 2.00. The van der Waals surface area contributed by atoms with Crippen molar-refractivity contribution in [2.24, 2.45) is 5.73 Å². The Morgan fingerprint density at radius 2 is 2.00 bits per heavy atom. The van der Waals surface area contributed by atoms with Crippen molar-refractivity contribution in [1.29, 1.82) is 0 Å². The Morgan fingerprint density at radius 3 is 2.82 bits per heavy atom. The molecule has 0 unspecified atom stereocenters. The molecule has 1 aromatic carbocycles. The predicted octanol–water partition coefficient (Wildman–Crippen LogP) is 1.23. The lowest BCUT2D eigenvalue weighted by atomic mass is 10.0. The highest BCUT2D eigenvalue weighted by atomic mass is 16.5. The normalized spacial score (nSPS) is 17.3. The van der Waals surface area contributed by atoms with E-state index >= 15 is 0 Å². The van der Waals surface area contributed by atoms with Crippen LogP contribution < -0.4 is 10.5 Å². The zero-order valence-corrected chi connectivity index (χ0v) is 9.10. The molecule has 0 saturated carbocycles. The van der Waals surface area contributed by atoms with E-state index in [2.05, 4.69) is 0 Å². The van der Waals surface area contributed by atoms with Crippen molar-refractivity contribution in [3.8, 4) is 5.75 Å². The van der Waals surface area contributed by atoms with Gasteiger partial charge in [0.2, 0.25) is 5.91 Å². The first-order valence-electron chi connectivity index (χ1n) is 5.34. The van der Waals surface area contributed by atoms with Gasteiger partial charge in [-0.2, -0.15) is 0 Å². The smallest absolute Gasteiger partial charge is 0.248 e. The van der Waals surface area contributed by atoms with Gasteiger partial charge < -0.3 is 15.2 Å². The van der Waals surface area contributed by atoms with Gasteiger partial charge in [-0.05, 0) is 18.2 Å². The lowest BCUT2D eigenvalue weighted by molar-refractivity contribution is -0.115. The standard InChI is InChI=1S/C13H11NO3/c14-13(15)9-5-8-6-16-11-4-2-1-3-10(11)12(8)17-7-9/h1-5H,6-7H2,(H2,14,15). The van der Waals surface area contributed by atoms with Crippen LogP contribution in [-0.2, 0) is 9.53 Å². The molecule has 17 heavy (non-hydrogen) atoms. The highest BCUT2D eigenvalue weighted by Gasteiger charge is 2.25. The molecule has 0 aromatic heterocycles. The van der Waals surface area contributed by atoms with Crippen molar-refractivity contribution in [3.05, 3.63) is 47.1 Å². The molecule has 1 amide bonds. The second-order valence-corrected chi connectivity index (χ2v) is 3.96. The molecular weight excluding hydrogens is 218 g/mol. The van der Waals surface area contributed by atoms with Gasteiger partial charge in [-0.15, -0.1) is 0 Å². The van der Waals surface area contributed by atoms with Gasteiger partial charge in [-0.1, -0.05) is 12.1 Å². The molecule has 86 valence electrons. The Hall–Kier alpha value is -2.23. The molecular formula is C13H11NO3. The summed E-state index contributed by atoms with van der Waals surface area (Å²) in [5, 5.41) is 0. The number of fused-ring (bicyclic) bond motifs is 2. The number of carbonyl (C=O) groups excluding carboxylic acids is 1. The van der Waals surface area contributed by atoms with Gasteiger partial charge in [0, 0.05) is 5.57 Å². The molecule has 0 aliphatic carbocycles. The predicted molar refractivity (Wildman–Crippen MR) is 62.1 cm³/mol. The van der Waals surface area contributed by atoms with E-state index in [9.17, 15) is 4.79 Å². The van der Waals surface area contributed by atoms with Crippen molar-refractivity contribution < 1.29 is 14.3 Å². The Bertz CT molecular complexity index is 558. The number of rotatable bonds is 1. The minimum atomic E-state index is -0.449. The zero-order chi connectivity index (χ0) is 11.8. The number of primary amides is 1. The van der Waals surface area contributed by atoms with Crippen molar-refractivity contribution in [3.63, 3.8) is 0 Å². The van der Waals surface area contributed by atoms with Gasteiger partial charge in [-0.3, -0.25) is 4.79 Å². The molecule has 0 atom stereocenters. The summed E-state index contributed by atoms with van der Waals surface area (Å²) in [4.78, 5) is 11.1. The Kier molecular flexibility index (Phi) is 2.14. The molecule has 2 heterocycles. The molecule has 2 aliphatic heterocycles. The van der Waals surface area contributed by atoms with Crippen LogP contribution in [0.1, 0.15) is 5.56 Å². The molecule has 0 radical (unpaired) electrons. The first kappa shape index (κ1) is 9.96. The molecule has 3 rings (SSSR count). The molecule has 0 saturated heterocycles. The third-order valence-corrected chi connectivity index (χ3v) is 2.84. The molecule has 0 fully saturated rings. The maximum Gasteiger partial charge on any atom is 0.248 e. The van der Waals surface area contributed by atoms with E-state index in [0.29, 0.717) is 12.2 Å². The Labute approximate surface area is 98.3 Å². The Balaban J connectivity index is 2.09. The second kappa shape index (κ2) is 3.66. The van der Waals surface area contributed by atoms with Crippen LogP contribution in [0, 0.1) is 0 Å². The van der Waals surface area contributed by atoms with Crippen molar-refractivity contribution in [2.45, 2.75) is 0 Å². The Morgan fingerprint density at radius 1 is 1.18 bits per heavy atom. The van der Waals surface area contributed by atoms with E-state index in [-0.39, 0.29) is 6.61 Å². The number of ether oxygens (including phenoxy) is 2. The van der Waals surface area contributed by atoms with E-state index in [4.69, 9.17) is 15.2 Å². The van der Waals surface area contributed by atoms with Gasteiger partial charge in [0.1, 0.15) is 24.7 Å². The second-order valence-electron chi connectivity index (χ2n) is 3.96. The summed E-state index contributed by atoms with van der Waals surface area (Å²) >= 11 is 0. The average molecular weight is 229 g/mol. The summed E-state index contributed by atoms with van der Waals surface area (Å²) in [5.74, 6) is 1.15. The zero-order valence-electron chi connectivity index (χ0n) is 9.10. The molecule has 0 bridgehead atoms. The number of amides is 1. The average Bonchev–Trinajstić information content (AvgIpc) is 2.38. The summed E-state index contributed by atoms with van der Waals surface area (Å²) in [6.45, 7) is 0.631. The lowest BCUT2D eigenvalue weighted by Gasteiger charge is -2.26. The molecule has 4 nitrogen and oxygen atoms in total. The maximum atomic E-state index is 11.1. The number of para-hydroxylation sites is 1. The van der Waals surface area contributed by atoms with E-state index < -0.39 is 5.91 Å². The van der Waals surface area contributed by atoms with E-state index in [1.807, 2.05) is 24.3 Å². The van der Waals surface area contributed by atoms with Crippen LogP contribution in [0.3, 0.4) is 0 Å². The highest BCUT2D eigenvalue weighted by molar-refractivity contribution is 5.94. The number of carbonyl (C=O) groups is 1. The highest BCUT2D eigenvalue weighted by Crippen LogP contribution is 2.36. The third kappa shape index (κ3) is 1.58. The summed E-state index contributed by atoms with van der Waals surface area (Å²) < 4.78 is 11.2. The van der Waals surface area contributed by atoms with Crippen molar-refractivity contribution in [1.82, 2.24) is 0 Å². The van der Waals surface area contributed by atoms with E-state index in [1.165, 1.54) is 0 Å². The molecule has 1 aromatic rings. The van der Waals surface area contributed by atoms with Gasteiger partial charge in [0.15, 0.2) is 0 Å². The molecule has 0 spiro atoms. The molecule has 2 N–H and O–H groups in total. The number of hydrogen-bond acceptors (Lipinski definition) is 3. The minimum absolute atomic E-state index is 0.225. The van der Waals surface area contributed by atoms with Crippen LogP contribution in [0.25, 0.3) is 5.76 Å². The van der Waals surface area contributed by atoms with Gasteiger partial charge in [0.05, 0.1) is 11.1 Å². The quantitative estimate of drug-likeness (QED) is 0.787. The first-order chi connectivity index (χ1) is 8.25. The van der Waals surface area contributed by atoms with Gasteiger partial charge in [-0.25, -0.2) is 0 Å². The SMILES string of the molecule is NC(=O)C1=CC2=C(OC1)c1ccccc1OC2. The summed E-state index contributed by atoms with van der Waals surface area (Å²) in [6.07, 6.45) is 1.76. The van der Waals surface area contributed by atoms with Crippen molar-refractivity contribution in [2.75, 3.05) is 13.2 Å². The maximum absolute atomic E-state index is 11.1. The van der Waals surface area contributed by atoms with E-state index in [1.54, 1.807) is 6.08 Å². The minimum Gasteiger partial charge on any atom is -0.488 e. The number of nitrogens with two attached hydrogens (primary N) is 1. The van der Waals surface area contributed by atoms with Crippen molar-refractivity contribution >= 4 is 11.7 Å². The topological polar surface area (TPSA) is 61.6 Å². The number of benzene rings is 1.